The third kappa shape index (κ3) is 4.59. The summed E-state index contributed by atoms with van der Waals surface area (Å²) in [5.74, 6) is 0.101. The van der Waals surface area contributed by atoms with Crippen LogP contribution in [0.5, 0.6) is 0 Å². The highest BCUT2D eigenvalue weighted by atomic mass is 35.5. The standard InChI is InChI=1S/C11H16ClNO3S2/c1-2-6-18(15,16)7-5-17(14)11-4-3-9(12)8-10(11)13/h3-4,8H,2,5-7,13H2,1H3. The van der Waals surface area contributed by atoms with E-state index in [2.05, 4.69) is 0 Å². The maximum Gasteiger partial charge on any atom is 0.151 e. The summed E-state index contributed by atoms with van der Waals surface area (Å²) in [6, 6.07) is 4.67. The summed E-state index contributed by atoms with van der Waals surface area (Å²) in [6.45, 7) is 1.80. The summed E-state index contributed by atoms with van der Waals surface area (Å²) in [4.78, 5) is 0.436. The molecule has 2 N–H and O–H groups in total. The van der Waals surface area contributed by atoms with Gasteiger partial charge in [0, 0.05) is 22.2 Å². The first-order chi connectivity index (χ1) is 8.35. The normalized spacial score (nSPS) is 13.4. The zero-order valence-electron chi connectivity index (χ0n) is 10.1. The molecule has 0 aliphatic heterocycles. The number of rotatable bonds is 6. The summed E-state index contributed by atoms with van der Waals surface area (Å²) >= 11 is 5.74. The first-order valence-corrected chi connectivity index (χ1v) is 9.01. The molecule has 0 saturated heterocycles. The van der Waals surface area contributed by atoms with Gasteiger partial charge in [0.15, 0.2) is 9.84 Å². The molecular formula is C11H16ClNO3S2. The van der Waals surface area contributed by atoms with E-state index < -0.39 is 20.6 Å². The Kier molecular flexibility index (Phi) is 5.62. The van der Waals surface area contributed by atoms with Gasteiger partial charge in [0.2, 0.25) is 0 Å². The first kappa shape index (κ1) is 15.5. The molecule has 1 atom stereocenters. The Labute approximate surface area is 115 Å². The summed E-state index contributed by atoms with van der Waals surface area (Å²) in [5, 5.41) is 0.465. The monoisotopic (exact) mass is 309 g/mol. The molecule has 102 valence electrons. The van der Waals surface area contributed by atoms with Crippen molar-refractivity contribution in [2.75, 3.05) is 23.0 Å². The quantitative estimate of drug-likeness (QED) is 0.814. The number of halogens is 1. The maximum absolute atomic E-state index is 12.0. The van der Waals surface area contributed by atoms with Crippen molar-refractivity contribution in [1.29, 1.82) is 0 Å². The Morgan fingerprint density at radius 2 is 2.00 bits per heavy atom. The van der Waals surface area contributed by atoms with Crippen LogP contribution in [0.25, 0.3) is 0 Å². The minimum Gasteiger partial charge on any atom is -0.398 e. The summed E-state index contributed by atoms with van der Waals surface area (Å²) in [6.07, 6.45) is 0.568. The zero-order chi connectivity index (χ0) is 13.8. The van der Waals surface area contributed by atoms with Gasteiger partial charge >= 0.3 is 0 Å². The lowest BCUT2D eigenvalue weighted by atomic mass is 10.3. The summed E-state index contributed by atoms with van der Waals surface area (Å²) < 4.78 is 35.0. The van der Waals surface area contributed by atoms with Crippen LogP contribution in [0.1, 0.15) is 13.3 Å². The van der Waals surface area contributed by atoms with Crippen LogP contribution in [-0.2, 0) is 20.6 Å². The van der Waals surface area contributed by atoms with Crippen LogP contribution < -0.4 is 5.73 Å². The van der Waals surface area contributed by atoms with E-state index in [0.717, 1.165) is 0 Å². The molecule has 1 aromatic rings. The van der Waals surface area contributed by atoms with Crippen LogP contribution in [0.2, 0.25) is 5.02 Å². The molecule has 0 spiro atoms. The number of benzene rings is 1. The molecule has 0 saturated carbocycles. The fourth-order valence-corrected chi connectivity index (χ4v) is 4.84. The number of anilines is 1. The highest BCUT2D eigenvalue weighted by Crippen LogP contribution is 2.21. The van der Waals surface area contributed by atoms with Gasteiger partial charge in [0.1, 0.15) is 0 Å². The number of hydrogen-bond acceptors (Lipinski definition) is 4. The van der Waals surface area contributed by atoms with Crippen molar-refractivity contribution in [2.24, 2.45) is 0 Å². The van der Waals surface area contributed by atoms with Crippen LogP contribution >= 0.6 is 11.6 Å². The number of nitrogen functional groups attached to an aromatic ring is 1. The average molecular weight is 310 g/mol. The third-order valence-corrected chi connectivity index (χ3v) is 6.10. The lowest BCUT2D eigenvalue weighted by Crippen LogP contribution is -2.16. The topological polar surface area (TPSA) is 77.2 Å². The minimum absolute atomic E-state index is 0.0637. The van der Waals surface area contributed by atoms with E-state index in [0.29, 0.717) is 22.0 Å². The Bertz CT molecular complexity index is 543. The largest absolute Gasteiger partial charge is 0.398 e. The van der Waals surface area contributed by atoms with E-state index in [1.54, 1.807) is 19.1 Å². The van der Waals surface area contributed by atoms with E-state index in [9.17, 15) is 12.6 Å². The van der Waals surface area contributed by atoms with Crippen molar-refractivity contribution in [3.8, 4) is 0 Å². The van der Waals surface area contributed by atoms with Crippen LogP contribution in [0, 0.1) is 0 Å². The molecule has 7 heteroatoms. The van der Waals surface area contributed by atoms with E-state index in [4.69, 9.17) is 17.3 Å². The van der Waals surface area contributed by atoms with Crippen LogP contribution in [0.4, 0.5) is 5.69 Å². The molecule has 0 aliphatic rings. The summed E-state index contributed by atoms with van der Waals surface area (Å²) in [5.41, 5.74) is 6.02. The van der Waals surface area contributed by atoms with Gasteiger partial charge in [-0.3, -0.25) is 4.21 Å². The molecule has 0 radical (unpaired) electrons. The van der Waals surface area contributed by atoms with Crippen LogP contribution in [0.15, 0.2) is 23.1 Å². The van der Waals surface area contributed by atoms with Gasteiger partial charge in [0.25, 0.3) is 0 Å². The highest BCUT2D eigenvalue weighted by Gasteiger charge is 2.14. The predicted octanol–water partition coefficient (Wildman–Crippen LogP) is 1.85. The Morgan fingerprint density at radius 1 is 1.33 bits per heavy atom. The van der Waals surface area contributed by atoms with Crippen LogP contribution in [0.3, 0.4) is 0 Å². The Hall–Kier alpha value is -0.590. The molecule has 0 aliphatic carbocycles. The van der Waals surface area contributed by atoms with Crippen molar-refractivity contribution in [3.63, 3.8) is 0 Å². The Morgan fingerprint density at radius 3 is 2.56 bits per heavy atom. The number of nitrogens with two attached hydrogens (primary N) is 1. The number of sulfone groups is 1. The molecule has 18 heavy (non-hydrogen) atoms. The second-order valence-corrected chi connectivity index (χ2v) is 8.16. The zero-order valence-corrected chi connectivity index (χ0v) is 12.4. The lowest BCUT2D eigenvalue weighted by Gasteiger charge is -2.06. The first-order valence-electron chi connectivity index (χ1n) is 5.49. The maximum atomic E-state index is 12.0. The van der Waals surface area contributed by atoms with Crippen molar-refractivity contribution in [3.05, 3.63) is 23.2 Å². The van der Waals surface area contributed by atoms with Gasteiger partial charge in [0.05, 0.1) is 21.4 Å². The average Bonchev–Trinajstić information content (AvgIpc) is 2.26. The fourth-order valence-electron chi connectivity index (χ4n) is 1.45. The smallest absolute Gasteiger partial charge is 0.151 e. The summed E-state index contributed by atoms with van der Waals surface area (Å²) in [7, 11) is -4.53. The van der Waals surface area contributed by atoms with E-state index in [1.165, 1.54) is 6.07 Å². The molecule has 0 aromatic heterocycles. The molecule has 4 nitrogen and oxygen atoms in total. The van der Waals surface area contributed by atoms with Crippen molar-refractivity contribution in [2.45, 2.75) is 18.2 Å². The van der Waals surface area contributed by atoms with Crippen molar-refractivity contribution in [1.82, 2.24) is 0 Å². The van der Waals surface area contributed by atoms with Gasteiger partial charge in [-0.1, -0.05) is 18.5 Å². The SMILES string of the molecule is CCCS(=O)(=O)CCS(=O)c1ccc(Cl)cc1N. The third-order valence-electron chi connectivity index (χ3n) is 2.31. The molecule has 0 amide bonds. The van der Waals surface area contributed by atoms with Gasteiger partial charge in [-0.05, 0) is 24.6 Å². The molecule has 1 unspecified atom stereocenters. The van der Waals surface area contributed by atoms with Crippen LogP contribution in [-0.4, -0.2) is 29.9 Å². The minimum atomic E-state index is -3.12. The van der Waals surface area contributed by atoms with E-state index in [1.807, 2.05) is 0 Å². The Balaban J connectivity index is 2.72. The van der Waals surface area contributed by atoms with E-state index >= 15 is 0 Å². The molecular weight excluding hydrogens is 294 g/mol. The fraction of sp³-hybridized carbons (Fsp3) is 0.455. The molecule has 0 bridgehead atoms. The van der Waals surface area contributed by atoms with Gasteiger partial charge in [-0.15, -0.1) is 0 Å². The van der Waals surface area contributed by atoms with E-state index in [-0.39, 0.29) is 17.3 Å². The van der Waals surface area contributed by atoms with Gasteiger partial charge < -0.3 is 5.73 Å². The number of hydrogen-bond donors (Lipinski definition) is 1. The second-order valence-electron chi connectivity index (χ2n) is 3.88. The molecule has 1 aromatic carbocycles. The molecule has 0 heterocycles. The second kappa shape index (κ2) is 6.54. The van der Waals surface area contributed by atoms with Crippen molar-refractivity contribution >= 4 is 37.9 Å². The van der Waals surface area contributed by atoms with Gasteiger partial charge in [-0.2, -0.15) is 0 Å². The highest BCUT2D eigenvalue weighted by molar-refractivity contribution is 7.93. The van der Waals surface area contributed by atoms with Crippen molar-refractivity contribution < 1.29 is 12.6 Å². The predicted molar refractivity (Wildman–Crippen MR) is 76.1 cm³/mol. The molecule has 1 rings (SSSR count). The lowest BCUT2D eigenvalue weighted by molar-refractivity contribution is 0.595. The van der Waals surface area contributed by atoms with Gasteiger partial charge in [-0.25, -0.2) is 8.42 Å². The molecule has 0 fully saturated rings.